The van der Waals surface area contributed by atoms with E-state index in [-0.39, 0.29) is 24.4 Å². The molecule has 0 saturated carbocycles. The maximum absolute atomic E-state index is 12.5. The second kappa shape index (κ2) is 16.8. The van der Waals surface area contributed by atoms with Gasteiger partial charge in [0, 0.05) is 70.1 Å². The molecule has 8 N–H and O–H groups in total. The van der Waals surface area contributed by atoms with Crippen LogP contribution in [0.2, 0.25) is 0 Å². The van der Waals surface area contributed by atoms with Gasteiger partial charge in [-0.05, 0) is 50.4 Å². The summed E-state index contributed by atoms with van der Waals surface area (Å²) in [6, 6.07) is 14.1. The van der Waals surface area contributed by atoms with Crippen LogP contribution >= 0.6 is 0 Å². The zero-order valence-corrected chi connectivity index (χ0v) is 26.5. The first-order valence-electron chi connectivity index (χ1n) is 15.6. The van der Waals surface area contributed by atoms with Gasteiger partial charge in [0.2, 0.25) is 5.91 Å². The van der Waals surface area contributed by atoms with Gasteiger partial charge in [-0.2, -0.15) is 0 Å². The molecule has 0 aliphatic carbocycles. The molecule has 4 rings (SSSR count). The molecule has 0 unspecified atom stereocenters. The van der Waals surface area contributed by atoms with Gasteiger partial charge < -0.3 is 41.0 Å². The number of hydrogen-bond donors (Lipinski definition) is 7. The van der Waals surface area contributed by atoms with Crippen LogP contribution < -0.4 is 36.9 Å². The number of piperidine rings is 1. The lowest BCUT2D eigenvalue weighted by molar-refractivity contribution is -0.111. The molecular formula is C33H49N9O3. The van der Waals surface area contributed by atoms with Gasteiger partial charge in [0.1, 0.15) is 17.4 Å². The van der Waals surface area contributed by atoms with Gasteiger partial charge in [0.25, 0.3) is 0 Å². The molecule has 0 radical (unpaired) electrons. The summed E-state index contributed by atoms with van der Waals surface area (Å²) in [5.74, 6) is 6.56. The number of carbonyl (C=O) groups excluding carboxylic acids is 1. The van der Waals surface area contributed by atoms with E-state index in [9.17, 15) is 9.90 Å². The van der Waals surface area contributed by atoms with Crippen molar-refractivity contribution < 1.29 is 14.6 Å². The summed E-state index contributed by atoms with van der Waals surface area (Å²) >= 11 is 0. The second-order valence-electron chi connectivity index (χ2n) is 11.6. The summed E-state index contributed by atoms with van der Waals surface area (Å²) in [6.07, 6.45) is 6.01. The highest BCUT2D eigenvalue weighted by Crippen LogP contribution is 2.39. The second-order valence-corrected chi connectivity index (χ2v) is 11.6. The Morgan fingerprint density at radius 1 is 1.11 bits per heavy atom. The minimum Gasteiger partial charge on any atom is -0.494 e. The topological polar surface area (TPSA) is 154 Å². The molecule has 244 valence electrons. The summed E-state index contributed by atoms with van der Waals surface area (Å²) < 4.78 is 5.77. The number of piperazine rings is 1. The van der Waals surface area contributed by atoms with Crippen LogP contribution in [0.3, 0.4) is 0 Å². The molecule has 12 nitrogen and oxygen atoms in total. The third-order valence-electron chi connectivity index (χ3n) is 8.50. The summed E-state index contributed by atoms with van der Waals surface area (Å²) in [7, 11) is 3.77. The minimum atomic E-state index is -0.313. The van der Waals surface area contributed by atoms with Gasteiger partial charge in [-0.1, -0.05) is 36.9 Å². The Morgan fingerprint density at radius 2 is 1.82 bits per heavy atom. The van der Waals surface area contributed by atoms with Crippen LogP contribution in [0.5, 0.6) is 5.75 Å². The Balaban J connectivity index is 1.50. The molecule has 2 aromatic rings. The SMILES string of the molecule is C=CC(=O)Nc1cc(N/C(=C/C(=N)N[C@H](CCO)Cc2ccccc2)NN)c(OC)cc1N1CCC(N2CCN(C)CC2)CC1. The van der Waals surface area contributed by atoms with Crippen molar-refractivity contribution in [2.24, 2.45) is 5.84 Å². The number of hydrazine groups is 1. The third-order valence-corrected chi connectivity index (χ3v) is 8.50. The van der Waals surface area contributed by atoms with E-state index in [1.807, 2.05) is 42.5 Å². The lowest BCUT2D eigenvalue weighted by atomic mass is 10.0. The van der Waals surface area contributed by atoms with Gasteiger partial charge in [0.15, 0.2) is 0 Å². The number of anilines is 3. The van der Waals surface area contributed by atoms with E-state index < -0.39 is 0 Å². The predicted molar refractivity (Wildman–Crippen MR) is 182 cm³/mol. The lowest BCUT2D eigenvalue weighted by Crippen LogP contribution is -2.52. The van der Waals surface area contributed by atoms with Crippen molar-refractivity contribution in [1.82, 2.24) is 20.5 Å². The highest BCUT2D eigenvalue weighted by molar-refractivity contribution is 6.02. The maximum Gasteiger partial charge on any atom is 0.247 e. The standard InChI is InChI=1S/C33H49N9O3/c1-4-33(44)38-27-21-28(37-32(39-35)23-31(34)36-25(12-19-43)20-24-8-6-5-7-9-24)30(45-3)22-29(27)42-13-10-26(11-14-42)41-17-15-40(2)16-18-41/h4-9,21-23,25-26,37,39,43H,1,10-20,35H2,2-3H3,(H2,34,36)(H,38,44)/b32-23-/t25-/m1/s1. The van der Waals surface area contributed by atoms with E-state index in [0.29, 0.717) is 41.8 Å². The molecule has 2 aliphatic heterocycles. The van der Waals surface area contributed by atoms with E-state index in [1.54, 1.807) is 7.11 Å². The van der Waals surface area contributed by atoms with Crippen molar-refractivity contribution in [2.45, 2.75) is 37.8 Å². The molecule has 12 heteroatoms. The first-order valence-corrected chi connectivity index (χ1v) is 15.6. The number of aliphatic hydroxyl groups excluding tert-OH is 1. The van der Waals surface area contributed by atoms with Crippen molar-refractivity contribution >= 4 is 28.8 Å². The quantitative estimate of drug-likeness (QED) is 0.0551. The van der Waals surface area contributed by atoms with Gasteiger partial charge in [-0.3, -0.25) is 15.1 Å². The number of nitrogens with two attached hydrogens (primary N) is 1. The Labute approximate surface area is 266 Å². The first kappa shape index (κ1) is 33.8. The lowest BCUT2D eigenvalue weighted by Gasteiger charge is -2.43. The van der Waals surface area contributed by atoms with Gasteiger partial charge in [0.05, 0.1) is 24.2 Å². The van der Waals surface area contributed by atoms with Crippen molar-refractivity contribution in [3.63, 3.8) is 0 Å². The normalized spacial score (nSPS) is 17.3. The minimum absolute atomic E-state index is 0.00196. The number of rotatable bonds is 14. The number of amidine groups is 1. The highest BCUT2D eigenvalue weighted by Gasteiger charge is 2.28. The Morgan fingerprint density at radius 3 is 2.44 bits per heavy atom. The Kier molecular flexibility index (Phi) is 12.6. The fourth-order valence-electron chi connectivity index (χ4n) is 5.98. The number of methoxy groups -OCH3 is 1. The van der Waals surface area contributed by atoms with Crippen molar-refractivity contribution in [1.29, 1.82) is 5.41 Å². The van der Waals surface area contributed by atoms with Gasteiger partial charge in [-0.15, -0.1) is 0 Å². The van der Waals surface area contributed by atoms with E-state index in [4.69, 9.17) is 16.0 Å². The maximum atomic E-state index is 12.5. The van der Waals surface area contributed by atoms with Gasteiger partial charge in [-0.25, -0.2) is 5.84 Å². The summed E-state index contributed by atoms with van der Waals surface area (Å²) in [5.41, 5.74) is 5.78. The number of hydrogen-bond acceptors (Lipinski definition) is 10. The molecule has 0 bridgehead atoms. The van der Waals surface area contributed by atoms with Crippen molar-refractivity contribution in [3.05, 3.63) is 72.6 Å². The number of benzene rings is 2. The zero-order valence-electron chi connectivity index (χ0n) is 26.5. The molecule has 45 heavy (non-hydrogen) atoms. The van der Waals surface area contributed by atoms with Crippen LogP contribution in [-0.2, 0) is 11.2 Å². The number of carbonyl (C=O) groups is 1. The number of nitrogens with one attached hydrogen (secondary N) is 5. The third kappa shape index (κ3) is 9.69. The van der Waals surface area contributed by atoms with Crippen LogP contribution in [0, 0.1) is 5.41 Å². The average Bonchev–Trinajstić information content (AvgIpc) is 3.05. The Hall–Kier alpha value is -4.10. The summed E-state index contributed by atoms with van der Waals surface area (Å²) in [5, 5.41) is 27.5. The average molecular weight is 620 g/mol. The Bertz CT molecular complexity index is 1300. The van der Waals surface area contributed by atoms with Crippen molar-refractivity contribution in [2.75, 3.05) is 75.6 Å². The number of amides is 1. The number of ether oxygens (including phenoxy) is 1. The highest BCUT2D eigenvalue weighted by atomic mass is 16.5. The molecule has 1 atom stereocenters. The molecule has 2 heterocycles. The van der Waals surface area contributed by atoms with E-state index in [1.165, 1.54) is 12.2 Å². The molecule has 2 aromatic carbocycles. The van der Waals surface area contributed by atoms with Gasteiger partial charge >= 0.3 is 0 Å². The van der Waals surface area contributed by atoms with E-state index in [0.717, 1.165) is 63.4 Å². The molecule has 2 saturated heterocycles. The molecule has 1 amide bonds. The fraction of sp³-hybridized carbons (Fsp3) is 0.455. The molecule has 2 fully saturated rings. The summed E-state index contributed by atoms with van der Waals surface area (Å²) in [6.45, 7) is 9.75. The number of aliphatic hydroxyl groups is 1. The fourth-order valence-corrected chi connectivity index (χ4v) is 5.98. The van der Waals surface area contributed by atoms with E-state index >= 15 is 0 Å². The smallest absolute Gasteiger partial charge is 0.247 e. The van der Waals surface area contributed by atoms with E-state index in [2.05, 4.69) is 49.7 Å². The molecular weight excluding hydrogens is 570 g/mol. The predicted octanol–water partition coefficient (Wildman–Crippen LogP) is 2.31. The number of nitrogens with zero attached hydrogens (tertiary/aromatic N) is 3. The molecule has 2 aliphatic rings. The largest absolute Gasteiger partial charge is 0.494 e. The van der Waals surface area contributed by atoms with Crippen LogP contribution in [0.15, 0.2) is 67.0 Å². The monoisotopic (exact) mass is 619 g/mol. The number of likely N-dealkylation sites (N-methyl/N-ethyl adjacent to an activating group) is 1. The zero-order chi connectivity index (χ0) is 32.2. The van der Waals surface area contributed by atoms with Crippen LogP contribution in [0.4, 0.5) is 17.1 Å². The van der Waals surface area contributed by atoms with Crippen LogP contribution in [0.1, 0.15) is 24.8 Å². The molecule has 0 aromatic heterocycles. The van der Waals surface area contributed by atoms with Crippen molar-refractivity contribution in [3.8, 4) is 5.75 Å². The summed E-state index contributed by atoms with van der Waals surface area (Å²) in [4.78, 5) is 19.8. The molecule has 0 spiro atoms. The van der Waals surface area contributed by atoms with Crippen LogP contribution in [-0.4, -0.2) is 98.8 Å². The van der Waals surface area contributed by atoms with Crippen LogP contribution in [0.25, 0.3) is 0 Å². The first-order chi connectivity index (χ1) is 21.8.